The molecule has 2 aromatic heterocycles. The highest BCUT2D eigenvalue weighted by atomic mass is 16.5. The van der Waals surface area contributed by atoms with Gasteiger partial charge >= 0.3 is 0 Å². The average Bonchev–Trinajstić information content (AvgIpc) is 3.08. The van der Waals surface area contributed by atoms with Crippen LogP contribution in [0.2, 0.25) is 0 Å². The highest BCUT2D eigenvalue weighted by Crippen LogP contribution is 2.17. The molecule has 0 N–H and O–H groups in total. The molecule has 0 saturated carbocycles. The fourth-order valence-electron chi connectivity index (χ4n) is 2.87. The summed E-state index contributed by atoms with van der Waals surface area (Å²) >= 11 is 0. The Morgan fingerprint density at radius 1 is 1.00 bits per heavy atom. The number of fused-ring (bicyclic) bond motifs is 1. The van der Waals surface area contributed by atoms with E-state index in [-0.39, 0.29) is 5.91 Å². The second kappa shape index (κ2) is 6.76. The second-order valence-electron chi connectivity index (χ2n) is 5.89. The van der Waals surface area contributed by atoms with Crippen molar-refractivity contribution in [1.82, 2.24) is 19.7 Å². The maximum absolute atomic E-state index is 12.7. The largest absolute Gasteiger partial charge is 0.487 e. The van der Waals surface area contributed by atoms with Gasteiger partial charge < -0.3 is 9.64 Å². The molecule has 3 heterocycles. The minimum atomic E-state index is -0.0182. The van der Waals surface area contributed by atoms with E-state index in [0.29, 0.717) is 31.9 Å². The predicted molar refractivity (Wildman–Crippen MR) is 92.0 cm³/mol. The highest BCUT2D eigenvalue weighted by Gasteiger charge is 2.26. The van der Waals surface area contributed by atoms with E-state index in [2.05, 4.69) is 10.1 Å². The number of rotatable bonds is 5. The lowest BCUT2D eigenvalue weighted by Crippen LogP contribution is -2.39. The van der Waals surface area contributed by atoms with Gasteiger partial charge in [-0.3, -0.25) is 14.5 Å². The Morgan fingerprint density at radius 3 is 2.64 bits per heavy atom. The van der Waals surface area contributed by atoms with Gasteiger partial charge in [-0.05, 0) is 30.3 Å². The molecule has 0 bridgehead atoms. The van der Waals surface area contributed by atoms with Gasteiger partial charge in [-0.15, -0.1) is 0 Å². The molecule has 25 heavy (non-hydrogen) atoms. The summed E-state index contributed by atoms with van der Waals surface area (Å²) in [7, 11) is 0. The van der Waals surface area contributed by atoms with Gasteiger partial charge in [-0.2, -0.15) is 5.10 Å². The van der Waals surface area contributed by atoms with Crippen molar-refractivity contribution >= 4 is 5.91 Å². The molecule has 0 fully saturated rings. The van der Waals surface area contributed by atoms with Crippen molar-refractivity contribution in [3.8, 4) is 5.75 Å². The first kappa shape index (κ1) is 15.4. The van der Waals surface area contributed by atoms with Crippen LogP contribution in [-0.4, -0.2) is 32.1 Å². The molecule has 0 radical (unpaired) electrons. The minimum Gasteiger partial charge on any atom is -0.487 e. The Morgan fingerprint density at radius 2 is 1.84 bits per heavy atom. The van der Waals surface area contributed by atoms with Gasteiger partial charge in [0.1, 0.15) is 23.7 Å². The lowest BCUT2D eigenvalue weighted by Gasteiger charge is -2.27. The summed E-state index contributed by atoms with van der Waals surface area (Å²) in [4.78, 5) is 18.8. The molecule has 6 nitrogen and oxygen atoms in total. The molecule has 0 spiro atoms. The van der Waals surface area contributed by atoms with Crippen molar-refractivity contribution < 1.29 is 9.53 Å². The predicted octanol–water partition coefficient (Wildman–Crippen LogP) is 2.51. The number of carbonyl (C=O) groups excluding carboxylic acids is 1. The number of carbonyl (C=O) groups is 1. The molecular formula is C19H18N4O2. The van der Waals surface area contributed by atoms with Crippen LogP contribution in [0.1, 0.15) is 21.9 Å². The summed E-state index contributed by atoms with van der Waals surface area (Å²) in [5.41, 5.74) is 2.25. The lowest BCUT2D eigenvalue weighted by molar-refractivity contribution is 0.0681. The number of benzene rings is 1. The van der Waals surface area contributed by atoms with Crippen molar-refractivity contribution in [3.63, 3.8) is 0 Å². The first-order valence-corrected chi connectivity index (χ1v) is 8.23. The number of hydrogen-bond donors (Lipinski definition) is 0. The first-order valence-electron chi connectivity index (χ1n) is 8.23. The fourth-order valence-corrected chi connectivity index (χ4v) is 2.87. The third-order valence-corrected chi connectivity index (χ3v) is 4.13. The summed E-state index contributed by atoms with van der Waals surface area (Å²) in [6, 6.07) is 17.1. The van der Waals surface area contributed by atoms with Crippen molar-refractivity contribution in [2.45, 2.75) is 19.7 Å². The summed E-state index contributed by atoms with van der Waals surface area (Å²) in [5.74, 6) is 0.770. The summed E-state index contributed by atoms with van der Waals surface area (Å²) in [6.45, 7) is 2.17. The van der Waals surface area contributed by atoms with Gasteiger partial charge in [0.25, 0.3) is 5.91 Å². The molecule has 1 aromatic carbocycles. The van der Waals surface area contributed by atoms with Crippen LogP contribution >= 0.6 is 0 Å². The molecule has 1 aliphatic heterocycles. The Bertz CT molecular complexity index is 862. The quantitative estimate of drug-likeness (QED) is 0.719. The Balaban J connectivity index is 1.45. The van der Waals surface area contributed by atoms with Gasteiger partial charge in [0.2, 0.25) is 0 Å². The van der Waals surface area contributed by atoms with E-state index in [1.807, 2.05) is 54.6 Å². The minimum absolute atomic E-state index is 0.0182. The number of hydrogen-bond acceptors (Lipinski definition) is 4. The van der Waals surface area contributed by atoms with E-state index in [0.717, 1.165) is 17.1 Å². The van der Waals surface area contributed by atoms with Gasteiger partial charge in [-0.1, -0.05) is 24.3 Å². The Kier molecular flexibility index (Phi) is 4.16. The zero-order chi connectivity index (χ0) is 17.1. The zero-order valence-corrected chi connectivity index (χ0v) is 13.7. The van der Waals surface area contributed by atoms with Gasteiger partial charge in [0, 0.05) is 12.7 Å². The zero-order valence-electron chi connectivity index (χ0n) is 13.7. The number of pyridine rings is 1. The number of aromatic nitrogens is 3. The molecule has 0 aliphatic carbocycles. The monoisotopic (exact) mass is 334 g/mol. The second-order valence-corrected chi connectivity index (χ2v) is 5.89. The van der Waals surface area contributed by atoms with Gasteiger partial charge in [0.05, 0.1) is 18.8 Å². The Labute approximate surface area is 145 Å². The molecule has 1 aliphatic rings. The smallest absolute Gasteiger partial charge is 0.272 e. The van der Waals surface area contributed by atoms with Crippen LogP contribution in [0, 0.1) is 0 Å². The standard InChI is InChI=1S/C19H18N4O2/c24-19-18-12-16(14-25-17-7-2-1-3-8-17)21-23(18)11-10-22(19)13-15-6-4-5-9-20-15/h1-9,12H,10-11,13-14H2. The molecule has 0 unspecified atom stereocenters. The van der Waals surface area contributed by atoms with E-state index >= 15 is 0 Å². The summed E-state index contributed by atoms with van der Waals surface area (Å²) in [5, 5.41) is 4.49. The van der Waals surface area contributed by atoms with E-state index in [1.54, 1.807) is 15.8 Å². The van der Waals surface area contributed by atoms with Crippen molar-refractivity contribution in [1.29, 1.82) is 0 Å². The maximum atomic E-state index is 12.7. The van der Waals surface area contributed by atoms with Crippen LogP contribution in [0.25, 0.3) is 0 Å². The van der Waals surface area contributed by atoms with E-state index in [1.165, 1.54) is 0 Å². The summed E-state index contributed by atoms with van der Waals surface area (Å²) in [6.07, 6.45) is 1.74. The van der Waals surface area contributed by atoms with Crippen LogP contribution in [0.3, 0.4) is 0 Å². The average molecular weight is 334 g/mol. The van der Waals surface area contributed by atoms with E-state index in [9.17, 15) is 4.79 Å². The Hall–Kier alpha value is -3.15. The van der Waals surface area contributed by atoms with Gasteiger partial charge in [0.15, 0.2) is 0 Å². The van der Waals surface area contributed by atoms with Crippen LogP contribution < -0.4 is 4.74 Å². The van der Waals surface area contributed by atoms with Crippen molar-refractivity contribution in [3.05, 3.63) is 77.9 Å². The normalized spacial score (nSPS) is 13.6. The van der Waals surface area contributed by atoms with Crippen molar-refractivity contribution in [2.24, 2.45) is 0 Å². The SMILES string of the molecule is O=C1c2cc(COc3ccccc3)nn2CCN1Cc1ccccn1. The van der Waals surface area contributed by atoms with Crippen molar-refractivity contribution in [2.75, 3.05) is 6.54 Å². The van der Waals surface area contributed by atoms with Crippen LogP contribution in [0.4, 0.5) is 0 Å². The molecule has 0 atom stereocenters. The molecule has 0 saturated heterocycles. The topological polar surface area (TPSA) is 60.2 Å². The third-order valence-electron chi connectivity index (χ3n) is 4.13. The third kappa shape index (κ3) is 3.38. The molecule has 6 heteroatoms. The molecule has 126 valence electrons. The van der Waals surface area contributed by atoms with E-state index < -0.39 is 0 Å². The van der Waals surface area contributed by atoms with Crippen LogP contribution in [-0.2, 0) is 19.7 Å². The number of amides is 1. The fraction of sp³-hybridized carbons (Fsp3) is 0.211. The van der Waals surface area contributed by atoms with Gasteiger partial charge in [-0.25, -0.2) is 0 Å². The maximum Gasteiger partial charge on any atom is 0.272 e. The summed E-state index contributed by atoms with van der Waals surface area (Å²) < 4.78 is 7.48. The highest BCUT2D eigenvalue weighted by molar-refractivity contribution is 5.93. The molecule has 3 aromatic rings. The van der Waals surface area contributed by atoms with E-state index in [4.69, 9.17) is 4.74 Å². The van der Waals surface area contributed by atoms with Crippen LogP contribution in [0.15, 0.2) is 60.8 Å². The molecule has 4 rings (SSSR count). The molecule has 1 amide bonds. The first-order chi connectivity index (χ1) is 12.3. The molecular weight excluding hydrogens is 316 g/mol. The number of nitrogens with zero attached hydrogens (tertiary/aromatic N) is 4. The number of para-hydroxylation sites is 1. The number of ether oxygens (including phenoxy) is 1. The van der Waals surface area contributed by atoms with Crippen LogP contribution in [0.5, 0.6) is 5.75 Å². The lowest BCUT2D eigenvalue weighted by atomic mass is 10.2.